The average molecular weight is 385 g/mol. The van der Waals surface area contributed by atoms with Gasteiger partial charge in [-0.1, -0.05) is 6.07 Å². The summed E-state index contributed by atoms with van der Waals surface area (Å²) in [6.07, 6.45) is 1.69. The van der Waals surface area contributed by atoms with E-state index in [1.807, 2.05) is 0 Å². The van der Waals surface area contributed by atoms with Crippen LogP contribution >= 0.6 is 0 Å². The van der Waals surface area contributed by atoms with Crippen LogP contribution in [-0.2, 0) is 11.2 Å². The number of carbonyl (C=O) groups excluding carboxylic acids is 2. The number of rotatable bonds is 0. The molecule has 0 fully saturated rings. The van der Waals surface area contributed by atoms with Gasteiger partial charge in [-0.05, 0) is 55.3 Å². The van der Waals surface area contributed by atoms with E-state index in [4.69, 9.17) is 0 Å². The molecule has 3 rings (SSSR count). The zero-order valence-corrected chi connectivity index (χ0v) is 15.6. The number of phenols is 1. The average Bonchev–Trinajstić information content (AvgIpc) is 2.68. The van der Waals surface area contributed by atoms with Gasteiger partial charge in [-0.15, -0.1) is 0 Å². The molecule has 4 N–H and O–H groups in total. The highest BCUT2D eigenvalue weighted by Gasteiger charge is 2.15. The molecule has 0 aromatic heterocycles. The predicted molar refractivity (Wildman–Crippen MR) is 105 cm³/mol. The smallest absolute Gasteiger partial charge is 0.251 e. The topological polar surface area (TPSA) is 90.5 Å². The molecule has 4 bridgehead atoms. The molecule has 0 atom stereocenters. The number of phenolic OH excluding ortho intramolecular Hbond substituents is 1. The molecule has 0 unspecified atom stereocenters. The molecule has 6 nitrogen and oxygen atoms in total. The van der Waals surface area contributed by atoms with Crippen LogP contribution in [0.3, 0.4) is 0 Å². The molecule has 1 aliphatic heterocycles. The Kier molecular flexibility index (Phi) is 6.60. The van der Waals surface area contributed by atoms with E-state index in [0.29, 0.717) is 56.6 Å². The van der Waals surface area contributed by atoms with E-state index in [9.17, 15) is 19.1 Å². The number of hydrogen-bond donors (Lipinski definition) is 4. The molecular weight excluding hydrogens is 361 g/mol. The zero-order valence-electron chi connectivity index (χ0n) is 15.6. The maximum absolute atomic E-state index is 14.4. The summed E-state index contributed by atoms with van der Waals surface area (Å²) in [6.45, 7) is 2.13. The number of halogens is 1. The van der Waals surface area contributed by atoms with Crippen LogP contribution in [0.5, 0.6) is 5.75 Å². The number of amides is 2. The summed E-state index contributed by atoms with van der Waals surface area (Å²) in [5.41, 5.74) is 1.66. The fraction of sp³-hybridized carbons (Fsp3) is 0.333. The predicted octanol–water partition coefficient (Wildman–Crippen LogP) is 1.97. The molecule has 0 spiro atoms. The van der Waals surface area contributed by atoms with Crippen molar-refractivity contribution in [2.45, 2.75) is 19.3 Å². The number of hydrogen-bond acceptors (Lipinski definition) is 4. The number of fused-ring (bicyclic) bond motifs is 5. The Labute approximate surface area is 163 Å². The highest BCUT2D eigenvalue weighted by atomic mass is 19.1. The molecule has 0 saturated heterocycles. The quantitative estimate of drug-likeness (QED) is 0.558. The molecule has 0 radical (unpaired) electrons. The van der Waals surface area contributed by atoms with E-state index in [2.05, 4.69) is 16.0 Å². The van der Waals surface area contributed by atoms with Crippen molar-refractivity contribution in [3.05, 3.63) is 53.3 Å². The lowest BCUT2D eigenvalue weighted by Crippen LogP contribution is -2.32. The van der Waals surface area contributed by atoms with Gasteiger partial charge in [0.15, 0.2) is 0 Å². The van der Waals surface area contributed by atoms with Crippen molar-refractivity contribution in [3.8, 4) is 16.9 Å². The normalized spacial score (nSPS) is 16.5. The first-order chi connectivity index (χ1) is 13.5. The van der Waals surface area contributed by atoms with E-state index in [1.54, 1.807) is 12.1 Å². The lowest BCUT2D eigenvalue weighted by molar-refractivity contribution is -0.121. The second-order valence-corrected chi connectivity index (χ2v) is 6.76. The SMILES string of the molecule is O=C1CCCNCCNC(=O)c2ccc(F)c(c2)-c2cc(ccc2O)CCN1. The lowest BCUT2D eigenvalue weighted by atomic mass is 9.98. The van der Waals surface area contributed by atoms with Gasteiger partial charge in [0.1, 0.15) is 11.6 Å². The summed E-state index contributed by atoms with van der Waals surface area (Å²) in [4.78, 5) is 24.2. The van der Waals surface area contributed by atoms with Gasteiger partial charge < -0.3 is 21.1 Å². The maximum atomic E-state index is 14.4. The van der Waals surface area contributed by atoms with E-state index >= 15 is 0 Å². The third kappa shape index (κ3) is 5.07. The van der Waals surface area contributed by atoms with E-state index in [0.717, 1.165) is 5.56 Å². The summed E-state index contributed by atoms with van der Waals surface area (Å²) >= 11 is 0. The zero-order chi connectivity index (χ0) is 19.9. The first-order valence-corrected chi connectivity index (χ1v) is 9.42. The summed E-state index contributed by atoms with van der Waals surface area (Å²) in [5.74, 6) is -0.913. The van der Waals surface area contributed by atoms with E-state index < -0.39 is 5.82 Å². The Morgan fingerprint density at radius 1 is 0.857 bits per heavy atom. The number of aromatic hydroxyl groups is 1. The number of nitrogens with one attached hydrogen (secondary N) is 3. The van der Waals surface area contributed by atoms with Crippen LogP contribution in [0.15, 0.2) is 36.4 Å². The molecule has 0 saturated carbocycles. The lowest BCUT2D eigenvalue weighted by Gasteiger charge is -2.12. The minimum atomic E-state index is -0.520. The highest BCUT2D eigenvalue weighted by Crippen LogP contribution is 2.32. The Bertz CT molecular complexity index is 870. The Morgan fingerprint density at radius 3 is 2.57 bits per heavy atom. The van der Waals surface area contributed by atoms with Crippen LogP contribution in [-0.4, -0.2) is 43.1 Å². The summed E-state index contributed by atoms with van der Waals surface area (Å²) in [6, 6.07) is 9.03. The van der Waals surface area contributed by atoms with Gasteiger partial charge in [0.25, 0.3) is 5.91 Å². The number of carbonyl (C=O) groups is 2. The number of benzene rings is 2. The summed E-state index contributed by atoms with van der Waals surface area (Å²) < 4.78 is 14.4. The van der Waals surface area contributed by atoms with Crippen LogP contribution < -0.4 is 16.0 Å². The summed E-state index contributed by atoms with van der Waals surface area (Å²) in [5, 5.41) is 19.1. The molecule has 1 heterocycles. The molecular formula is C21H24FN3O3. The second-order valence-electron chi connectivity index (χ2n) is 6.76. The van der Waals surface area contributed by atoms with Crippen molar-refractivity contribution in [2.24, 2.45) is 0 Å². The minimum Gasteiger partial charge on any atom is -0.507 e. The van der Waals surface area contributed by atoms with E-state index in [1.165, 1.54) is 24.3 Å². The van der Waals surface area contributed by atoms with Crippen molar-refractivity contribution in [1.29, 1.82) is 0 Å². The summed E-state index contributed by atoms with van der Waals surface area (Å²) in [7, 11) is 0. The molecule has 2 aromatic carbocycles. The molecule has 0 aliphatic carbocycles. The van der Waals surface area contributed by atoms with Crippen LogP contribution in [0.4, 0.5) is 4.39 Å². The van der Waals surface area contributed by atoms with Gasteiger partial charge in [-0.2, -0.15) is 0 Å². The van der Waals surface area contributed by atoms with Gasteiger partial charge in [0.2, 0.25) is 5.91 Å². The van der Waals surface area contributed by atoms with Crippen LogP contribution in [0.25, 0.3) is 11.1 Å². The van der Waals surface area contributed by atoms with Crippen molar-refractivity contribution in [2.75, 3.05) is 26.2 Å². The fourth-order valence-corrected chi connectivity index (χ4v) is 3.13. The van der Waals surface area contributed by atoms with Crippen LogP contribution in [0, 0.1) is 5.82 Å². The first-order valence-electron chi connectivity index (χ1n) is 9.42. The molecule has 28 heavy (non-hydrogen) atoms. The molecule has 2 aromatic rings. The minimum absolute atomic E-state index is 0.0195. The molecule has 2 amide bonds. The standard InChI is InChI=1S/C21H24FN3O3/c22-18-5-4-15-13-16(18)17-12-14(3-6-19(17)26)7-9-24-20(27)2-1-8-23-10-11-25-21(15)28/h3-6,12-13,23,26H,1-2,7-11H2,(H,24,27)(H,25,28). The third-order valence-electron chi connectivity index (χ3n) is 4.66. The van der Waals surface area contributed by atoms with Crippen molar-refractivity contribution in [3.63, 3.8) is 0 Å². The van der Waals surface area contributed by atoms with Gasteiger partial charge in [0.05, 0.1) is 0 Å². The fourth-order valence-electron chi connectivity index (χ4n) is 3.13. The first kappa shape index (κ1) is 19.8. The van der Waals surface area contributed by atoms with Crippen LogP contribution in [0.1, 0.15) is 28.8 Å². The van der Waals surface area contributed by atoms with Gasteiger partial charge >= 0.3 is 0 Å². The van der Waals surface area contributed by atoms with Crippen molar-refractivity contribution >= 4 is 11.8 Å². The molecule has 7 heteroatoms. The third-order valence-corrected chi connectivity index (χ3v) is 4.66. The highest BCUT2D eigenvalue weighted by molar-refractivity contribution is 5.95. The Morgan fingerprint density at radius 2 is 1.71 bits per heavy atom. The Hall–Kier alpha value is -2.93. The Balaban J connectivity index is 1.91. The van der Waals surface area contributed by atoms with Crippen LogP contribution in [0.2, 0.25) is 0 Å². The van der Waals surface area contributed by atoms with Gasteiger partial charge in [-0.3, -0.25) is 9.59 Å². The maximum Gasteiger partial charge on any atom is 0.251 e. The largest absolute Gasteiger partial charge is 0.507 e. The van der Waals surface area contributed by atoms with E-state index in [-0.39, 0.29) is 23.1 Å². The van der Waals surface area contributed by atoms with Gasteiger partial charge in [-0.25, -0.2) is 4.39 Å². The van der Waals surface area contributed by atoms with Crippen molar-refractivity contribution in [1.82, 2.24) is 16.0 Å². The molecule has 1 aliphatic rings. The second kappa shape index (κ2) is 9.32. The van der Waals surface area contributed by atoms with Crippen molar-refractivity contribution < 1.29 is 19.1 Å². The van der Waals surface area contributed by atoms with Gasteiger partial charge in [0, 0.05) is 42.7 Å². The monoisotopic (exact) mass is 385 g/mol. The molecule has 148 valence electrons.